The molecule has 0 heterocycles. The summed E-state index contributed by atoms with van der Waals surface area (Å²) in [7, 11) is 0. The van der Waals surface area contributed by atoms with Crippen LogP contribution in [0.25, 0.3) is 0 Å². The Kier molecular flexibility index (Phi) is 8.05. The lowest BCUT2D eigenvalue weighted by molar-refractivity contribution is -0.138. The molecule has 0 rings (SSSR count). The maximum atomic E-state index is 10.9. The monoisotopic (exact) mass is 540 g/mol. The van der Waals surface area contributed by atoms with Crippen LogP contribution < -0.4 is 0 Å². The molecule has 0 atom stereocenters. The largest absolute Gasteiger partial charge is 0.462 e. The van der Waals surface area contributed by atoms with Gasteiger partial charge in [-0.3, -0.25) is 0 Å². The topological polar surface area (TPSA) is 26.3 Å². The first kappa shape index (κ1) is 14.8. The Bertz CT molecular complexity index is 200. The molecule has 0 bridgehead atoms. The van der Waals surface area contributed by atoms with Crippen LogP contribution in [0, 0.1) is 0 Å². The molecule has 0 fully saturated rings. The number of esters is 1. The Morgan fingerprint density at radius 3 is 2.38 bits per heavy atom. The van der Waals surface area contributed by atoms with Crippen molar-refractivity contribution in [3.63, 3.8) is 0 Å². The van der Waals surface area contributed by atoms with E-state index in [-0.39, 0.29) is 5.97 Å². The number of carbonyl (C=O) groups is 1. The summed E-state index contributed by atoms with van der Waals surface area (Å²) in [6, 6.07) is 0. The van der Waals surface area contributed by atoms with Gasteiger partial charge in [-0.15, -0.1) is 0 Å². The van der Waals surface area contributed by atoms with Crippen molar-refractivity contribution in [2.75, 3.05) is 12.4 Å². The predicted octanol–water partition coefficient (Wildman–Crippen LogP) is 4.35. The van der Waals surface area contributed by atoms with E-state index >= 15 is 0 Å². The van der Waals surface area contributed by atoms with Crippen molar-refractivity contribution in [3.8, 4) is 0 Å². The van der Waals surface area contributed by atoms with E-state index in [1.165, 1.54) is 0 Å². The third kappa shape index (κ3) is 10.0. The summed E-state index contributed by atoms with van der Waals surface area (Å²) >= 11 is 7.34. The summed E-state index contributed by atoms with van der Waals surface area (Å²) in [5.41, 5.74) is 0.469. The standard InChI is InChI=1S/C7H11I3O2S/c1-6(2)7(11)12-4-3-5-13(8,9)10/h1,3-5H2,2H3. The molecule has 78 valence electrons. The second-order valence-corrected chi connectivity index (χ2v) is 32.6. The summed E-state index contributed by atoms with van der Waals surface area (Å²) in [6.07, 6.45) is 0.934. The average Bonchev–Trinajstić information content (AvgIpc) is 1.95. The first-order valence-electron chi connectivity index (χ1n) is 3.55. The lowest BCUT2D eigenvalue weighted by atomic mass is 10.4. The van der Waals surface area contributed by atoms with E-state index < -0.39 is 1.54 Å². The molecule has 6 heteroatoms. The zero-order valence-corrected chi connectivity index (χ0v) is 14.5. The first-order valence-corrected chi connectivity index (χ1v) is 13.0. The van der Waals surface area contributed by atoms with Gasteiger partial charge in [-0.05, 0) is 77.0 Å². The minimum atomic E-state index is -0.546. The molecule has 0 saturated carbocycles. The number of halogens is 3. The van der Waals surface area contributed by atoms with E-state index in [9.17, 15) is 4.79 Å². The van der Waals surface area contributed by atoms with Crippen LogP contribution in [0.4, 0.5) is 0 Å². The number of hydrogen-bond acceptors (Lipinski definition) is 2. The smallest absolute Gasteiger partial charge is 0.333 e. The van der Waals surface area contributed by atoms with E-state index in [0.29, 0.717) is 12.2 Å². The highest BCUT2D eigenvalue weighted by molar-refractivity contribution is 14.5. The van der Waals surface area contributed by atoms with Gasteiger partial charge in [0.15, 0.2) is 0 Å². The van der Waals surface area contributed by atoms with Crippen molar-refractivity contribution in [2.24, 2.45) is 0 Å². The van der Waals surface area contributed by atoms with Crippen LogP contribution in [-0.4, -0.2) is 18.3 Å². The molecule has 0 saturated heterocycles. The van der Waals surface area contributed by atoms with Crippen LogP contribution >= 0.6 is 65.2 Å². The summed E-state index contributed by atoms with van der Waals surface area (Å²) in [5, 5.41) is 0. The summed E-state index contributed by atoms with van der Waals surface area (Å²) < 4.78 is 4.42. The van der Waals surface area contributed by atoms with E-state index in [1.807, 2.05) is 0 Å². The molecule has 0 aromatic carbocycles. The van der Waals surface area contributed by atoms with Crippen LogP contribution in [0.15, 0.2) is 12.2 Å². The second kappa shape index (κ2) is 7.09. The zero-order chi connectivity index (χ0) is 10.5. The molecule has 0 aliphatic heterocycles. The van der Waals surface area contributed by atoms with Gasteiger partial charge in [-0.25, -0.2) is 4.79 Å². The van der Waals surface area contributed by atoms with Crippen LogP contribution in [0.1, 0.15) is 13.3 Å². The van der Waals surface area contributed by atoms with Gasteiger partial charge in [-0.1, -0.05) is 8.12 Å². The average molecular weight is 540 g/mol. The lowest BCUT2D eigenvalue weighted by Crippen LogP contribution is -2.07. The third-order valence-corrected chi connectivity index (χ3v) is 5.82. The first-order chi connectivity index (χ1) is 5.83. The van der Waals surface area contributed by atoms with Gasteiger partial charge in [-0.2, -0.15) is 0 Å². The molecule has 0 aliphatic rings. The fourth-order valence-corrected chi connectivity index (χ4v) is 3.76. The maximum absolute atomic E-state index is 10.9. The van der Waals surface area contributed by atoms with Crippen LogP contribution in [0.5, 0.6) is 0 Å². The van der Waals surface area contributed by atoms with Gasteiger partial charge >= 0.3 is 5.97 Å². The fraction of sp³-hybridized carbons (Fsp3) is 0.571. The van der Waals surface area contributed by atoms with Gasteiger partial charge in [0.25, 0.3) is 0 Å². The molecule has 0 radical (unpaired) electrons. The van der Waals surface area contributed by atoms with Crippen LogP contribution in [0.2, 0.25) is 0 Å². The number of rotatable bonds is 5. The number of hydrogen-bond donors (Lipinski definition) is 0. The van der Waals surface area contributed by atoms with E-state index in [4.69, 9.17) is 4.74 Å². The summed E-state index contributed by atoms with van der Waals surface area (Å²) in [6.45, 7) is 5.68. The van der Waals surface area contributed by atoms with Crippen molar-refractivity contribution in [2.45, 2.75) is 13.3 Å². The summed E-state index contributed by atoms with van der Waals surface area (Å²) in [5.74, 6) is 0.828. The molecule has 0 spiro atoms. The van der Waals surface area contributed by atoms with Gasteiger partial charge in [0.05, 0.1) is 6.61 Å². The third-order valence-electron chi connectivity index (χ3n) is 1.10. The Balaban J connectivity index is 3.47. The minimum Gasteiger partial charge on any atom is -0.462 e. The highest BCUT2D eigenvalue weighted by Gasteiger charge is 2.11. The van der Waals surface area contributed by atoms with Crippen LogP contribution in [0.3, 0.4) is 0 Å². The molecule has 13 heavy (non-hydrogen) atoms. The highest BCUT2D eigenvalue weighted by Crippen LogP contribution is 2.71. The van der Waals surface area contributed by atoms with Crippen molar-refractivity contribution < 1.29 is 9.53 Å². The number of carbonyl (C=O) groups excluding carboxylic acids is 1. The Labute approximate surface area is 117 Å². The molecule has 0 aromatic rings. The van der Waals surface area contributed by atoms with Crippen molar-refractivity contribution in [1.29, 1.82) is 0 Å². The van der Waals surface area contributed by atoms with Gasteiger partial charge in [0.2, 0.25) is 0 Å². The van der Waals surface area contributed by atoms with Gasteiger partial charge in [0.1, 0.15) is 0 Å². The van der Waals surface area contributed by atoms with E-state index in [2.05, 4.69) is 70.2 Å². The molecule has 2 nitrogen and oxygen atoms in total. The molecular weight excluding hydrogens is 529 g/mol. The molecule has 0 amide bonds. The van der Waals surface area contributed by atoms with Gasteiger partial charge in [0, 0.05) is 11.3 Å². The zero-order valence-electron chi connectivity index (χ0n) is 7.19. The summed E-state index contributed by atoms with van der Waals surface area (Å²) in [4.78, 5) is 10.9. The van der Waals surface area contributed by atoms with Crippen molar-refractivity contribution >= 4 is 71.1 Å². The van der Waals surface area contributed by atoms with Crippen LogP contribution in [-0.2, 0) is 9.53 Å². The molecule has 0 N–H and O–H groups in total. The lowest BCUT2D eigenvalue weighted by Gasteiger charge is -2.16. The van der Waals surface area contributed by atoms with Crippen molar-refractivity contribution in [3.05, 3.63) is 12.2 Å². The van der Waals surface area contributed by atoms with E-state index in [1.54, 1.807) is 6.92 Å². The highest BCUT2D eigenvalue weighted by atomic mass is 127. The van der Waals surface area contributed by atoms with Gasteiger partial charge < -0.3 is 4.74 Å². The molecular formula is C7H11I3O2S. The molecule has 0 aromatic heterocycles. The second-order valence-electron chi connectivity index (χ2n) is 2.48. The fourth-order valence-electron chi connectivity index (χ4n) is 0.511. The molecule has 0 unspecified atom stereocenters. The SMILES string of the molecule is C=C(C)C(=O)OCCCS(I)(I)I. The Hall–Kier alpha value is 1.75. The van der Waals surface area contributed by atoms with Crippen molar-refractivity contribution in [1.82, 2.24) is 0 Å². The predicted molar refractivity (Wildman–Crippen MR) is 84.9 cm³/mol. The maximum Gasteiger partial charge on any atom is 0.333 e. The van der Waals surface area contributed by atoms with E-state index in [0.717, 1.165) is 12.2 Å². The quantitative estimate of drug-likeness (QED) is 0.225. The normalized spacial score (nSPS) is 12.3. The Morgan fingerprint density at radius 1 is 1.46 bits per heavy atom. The minimum absolute atomic E-state index is 0.282. The molecule has 0 aliphatic carbocycles. The number of ether oxygens (including phenoxy) is 1. The Morgan fingerprint density at radius 2 is 2.00 bits per heavy atom.